The van der Waals surface area contributed by atoms with E-state index in [0.29, 0.717) is 5.75 Å². The van der Waals surface area contributed by atoms with Crippen molar-refractivity contribution in [3.63, 3.8) is 0 Å². The number of rotatable bonds is 5. The van der Waals surface area contributed by atoms with Crippen molar-refractivity contribution >= 4 is 23.6 Å². The first-order chi connectivity index (χ1) is 9.13. The van der Waals surface area contributed by atoms with Crippen LogP contribution in [0.2, 0.25) is 0 Å². The average Bonchev–Trinajstić information content (AvgIpc) is 2.98. The van der Waals surface area contributed by atoms with Gasteiger partial charge in [-0.2, -0.15) is 0 Å². The molecule has 7 nitrogen and oxygen atoms in total. The van der Waals surface area contributed by atoms with Crippen LogP contribution < -0.4 is 0 Å². The minimum Gasteiger partial charge on any atom is -0.480 e. The van der Waals surface area contributed by atoms with Crippen LogP contribution in [0, 0.1) is 0 Å². The second-order valence-electron chi connectivity index (χ2n) is 4.33. The van der Waals surface area contributed by atoms with E-state index < -0.39 is 12.0 Å². The van der Waals surface area contributed by atoms with E-state index in [1.807, 2.05) is 6.92 Å². The Kier molecular flexibility index (Phi) is 4.41. The molecule has 0 radical (unpaired) electrons. The van der Waals surface area contributed by atoms with Gasteiger partial charge in [0, 0.05) is 11.9 Å². The van der Waals surface area contributed by atoms with Crippen LogP contribution in [-0.4, -0.2) is 54.0 Å². The molecule has 8 heteroatoms. The molecule has 0 spiro atoms. The van der Waals surface area contributed by atoms with Gasteiger partial charge in [0.15, 0.2) is 0 Å². The fourth-order valence-corrected chi connectivity index (χ4v) is 3.63. The van der Waals surface area contributed by atoms with Crippen LogP contribution in [0.5, 0.6) is 0 Å². The van der Waals surface area contributed by atoms with E-state index in [9.17, 15) is 14.7 Å². The fraction of sp³-hybridized carbons (Fsp3) is 0.636. The molecule has 2 atom stereocenters. The maximum absolute atomic E-state index is 12.3. The van der Waals surface area contributed by atoms with Crippen molar-refractivity contribution in [2.24, 2.45) is 0 Å². The molecule has 0 saturated carbocycles. The van der Waals surface area contributed by atoms with Gasteiger partial charge in [0.05, 0.1) is 11.6 Å². The van der Waals surface area contributed by atoms with E-state index in [1.54, 1.807) is 6.20 Å². The molecule has 2 heterocycles. The van der Waals surface area contributed by atoms with E-state index in [0.717, 1.165) is 12.8 Å². The van der Waals surface area contributed by atoms with E-state index in [-0.39, 0.29) is 17.8 Å². The summed E-state index contributed by atoms with van der Waals surface area (Å²) in [6, 6.07) is -0.738. The molecule has 1 aliphatic heterocycles. The highest BCUT2D eigenvalue weighted by molar-refractivity contribution is 8.00. The van der Waals surface area contributed by atoms with Crippen molar-refractivity contribution in [3.8, 4) is 0 Å². The third-order valence-electron chi connectivity index (χ3n) is 2.97. The molecule has 1 fully saturated rings. The number of amides is 1. The summed E-state index contributed by atoms with van der Waals surface area (Å²) in [6.07, 6.45) is 4.80. The van der Waals surface area contributed by atoms with Gasteiger partial charge in [-0.15, -0.1) is 16.9 Å². The van der Waals surface area contributed by atoms with E-state index >= 15 is 0 Å². The number of aliphatic carboxylic acids is 1. The number of carbonyl (C=O) groups is 2. The Labute approximate surface area is 115 Å². The normalized spacial score (nSPS) is 22.7. The third kappa shape index (κ3) is 3.06. The zero-order valence-corrected chi connectivity index (χ0v) is 11.4. The van der Waals surface area contributed by atoms with Crippen molar-refractivity contribution in [1.29, 1.82) is 0 Å². The molecule has 2 rings (SSSR count). The number of carboxylic acid groups (broad SMARTS) is 1. The quantitative estimate of drug-likeness (QED) is 0.843. The van der Waals surface area contributed by atoms with Crippen LogP contribution in [-0.2, 0) is 16.1 Å². The zero-order chi connectivity index (χ0) is 13.8. The molecular weight excluding hydrogens is 268 g/mol. The van der Waals surface area contributed by atoms with Crippen LogP contribution in [0.3, 0.4) is 0 Å². The Bertz CT molecular complexity index is 451. The number of thioether (sulfide) groups is 1. The van der Waals surface area contributed by atoms with Gasteiger partial charge >= 0.3 is 5.97 Å². The summed E-state index contributed by atoms with van der Waals surface area (Å²) >= 11 is 1.53. The lowest BCUT2D eigenvalue weighted by atomic mass is 10.2. The zero-order valence-electron chi connectivity index (χ0n) is 10.6. The van der Waals surface area contributed by atoms with E-state index in [4.69, 9.17) is 0 Å². The second-order valence-corrected chi connectivity index (χ2v) is 5.54. The highest BCUT2D eigenvalue weighted by Crippen LogP contribution is 2.32. The Hall–Kier alpha value is -1.57. The first-order valence-electron chi connectivity index (χ1n) is 6.13. The Morgan fingerprint density at radius 3 is 2.89 bits per heavy atom. The molecule has 1 aromatic rings. The number of hydrogen-bond acceptors (Lipinski definition) is 5. The first kappa shape index (κ1) is 13.9. The van der Waals surface area contributed by atoms with Crippen LogP contribution in [0.15, 0.2) is 12.4 Å². The molecule has 1 aliphatic rings. The summed E-state index contributed by atoms with van der Waals surface area (Å²) in [7, 11) is 0. The highest BCUT2D eigenvalue weighted by Gasteiger charge is 2.40. The molecule has 0 aliphatic carbocycles. The van der Waals surface area contributed by atoms with Gasteiger partial charge in [0.25, 0.3) is 0 Å². The van der Waals surface area contributed by atoms with Crippen LogP contribution in [0.4, 0.5) is 0 Å². The van der Waals surface area contributed by atoms with Crippen molar-refractivity contribution in [2.75, 3.05) is 5.75 Å². The predicted octanol–water partition coefficient (Wildman–Crippen LogP) is 0.433. The maximum Gasteiger partial charge on any atom is 0.327 e. The third-order valence-corrected chi connectivity index (χ3v) is 4.33. The molecule has 1 amide bonds. The molecule has 0 bridgehead atoms. The Morgan fingerprint density at radius 2 is 2.32 bits per heavy atom. The SMILES string of the molecule is CCCC1SCC(C(=O)O)N1C(=O)Cn1ccnn1. The lowest BCUT2D eigenvalue weighted by molar-refractivity contribution is -0.149. The monoisotopic (exact) mass is 284 g/mol. The summed E-state index contributed by atoms with van der Waals surface area (Å²) in [6.45, 7) is 2.05. The largest absolute Gasteiger partial charge is 0.480 e. The molecule has 0 aromatic carbocycles. The maximum atomic E-state index is 12.3. The number of carbonyl (C=O) groups excluding carboxylic acids is 1. The molecule has 2 unspecified atom stereocenters. The van der Waals surface area contributed by atoms with Gasteiger partial charge in [-0.1, -0.05) is 18.6 Å². The van der Waals surface area contributed by atoms with Gasteiger partial charge in [0.2, 0.25) is 5.91 Å². The summed E-state index contributed by atoms with van der Waals surface area (Å²) in [5, 5.41) is 16.5. The predicted molar refractivity (Wildman–Crippen MR) is 69.4 cm³/mol. The molecule has 1 N–H and O–H groups in total. The summed E-state index contributed by atoms with van der Waals surface area (Å²) in [4.78, 5) is 25.0. The van der Waals surface area contributed by atoms with Gasteiger partial charge < -0.3 is 10.0 Å². The lowest BCUT2D eigenvalue weighted by Gasteiger charge is -2.27. The fourth-order valence-electron chi connectivity index (χ4n) is 2.09. The number of aromatic nitrogens is 3. The van der Waals surface area contributed by atoms with Crippen molar-refractivity contribution in [2.45, 2.75) is 37.7 Å². The summed E-state index contributed by atoms with van der Waals surface area (Å²) < 4.78 is 1.41. The molecule has 1 saturated heterocycles. The van der Waals surface area contributed by atoms with Crippen molar-refractivity contribution in [1.82, 2.24) is 19.9 Å². The van der Waals surface area contributed by atoms with Gasteiger partial charge in [-0.05, 0) is 6.42 Å². The smallest absolute Gasteiger partial charge is 0.327 e. The molecule has 19 heavy (non-hydrogen) atoms. The van der Waals surface area contributed by atoms with Gasteiger partial charge in [-0.25, -0.2) is 9.48 Å². The molecule has 104 valence electrons. The average molecular weight is 284 g/mol. The van der Waals surface area contributed by atoms with Crippen LogP contribution >= 0.6 is 11.8 Å². The number of carboxylic acids is 1. The lowest BCUT2D eigenvalue weighted by Crippen LogP contribution is -2.47. The van der Waals surface area contributed by atoms with E-state index in [2.05, 4.69) is 10.3 Å². The second kappa shape index (κ2) is 6.05. The molecule has 1 aromatic heterocycles. The van der Waals surface area contributed by atoms with Crippen molar-refractivity contribution in [3.05, 3.63) is 12.4 Å². The van der Waals surface area contributed by atoms with Crippen LogP contribution in [0.1, 0.15) is 19.8 Å². The van der Waals surface area contributed by atoms with Gasteiger partial charge in [0.1, 0.15) is 12.6 Å². The topological polar surface area (TPSA) is 88.3 Å². The minimum atomic E-state index is -0.946. The number of hydrogen-bond donors (Lipinski definition) is 1. The van der Waals surface area contributed by atoms with E-state index in [1.165, 1.54) is 27.5 Å². The number of nitrogens with zero attached hydrogens (tertiary/aromatic N) is 4. The minimum absolute atomic E-state index is 0.0323. The Morgan fingerprint density at radius 1 is 1.53 bits per heavy atom. The first-order valence-corrected chi connectivity index (χ1v) is 7.18. The van der Waals surface area contributed by atoms with Crippen LogP contribution in [0.25, 0.3) is 0 Å². The molecular formula is C11H16N4O3S. The highest BCUT2D eigenvalue weighted by atomic mass is 32.2. The standard InChI is InChI=1S/C11H16N4O3S/c1-2-3-10-15(8(7-19-10)11(17)18)9(16)6-14-5-4-12-13-14/h4-5,8,10H,2-3,6-7H2,1H3,(H,17,18). The summed E-state index contributed by atoms with van der Waals surface area (Å²) in [5.74, 6) is -0.720. The Balaban J connectivity index is 2.11. The summed E-state index contributed by atoms with van der Waals surface area (Å²) in [5.41, 5.74) is 0. The van der Waals surface area contributed by atoms with Gasteiger partial charge in [-0.3, -0.25) is 4.79 Å². The van der Waals surface area contributed by atoms with Crippen molar-refractivity contribution < 1.29 is 14.7 Å².